The van der Waals surface area contributed by atoms with Crippen LogP contribution in [0.25, 0.3) is 10.9 Å². The van der Waals surface area contributed by atoms with Gasteiger partial charge >= 0.3 is 0 Å². The van der Waals surface area contributed by atoms with E-state index in [2.05, 4.69) is 4.57 Å². The lowest BCUT2D eigenvalue weighted by Crippen LogP contribution is -2.53. The monoisotopic (exact) mass is 394 g/mol. The number of amides is 1. The molecule has 2 aromatic rings. The quantitative estimate of drug-likeness (QED) is 0.728. The highest BCUT2D eigenvalue weighted by molar-refractivity contribution is 7.86. The van der Waals surface area contributed by atoms with Crippen molar-refractivity contribution in [3.8, 4) is 0 Å². The standard InChI is InChI=1S/C18H26N4O4S/c1-19(2)27(24,25)22-11-9-21(10-12-22)18(23)16-5-4-6-17-15(16)7-8-20(17)13-14-26-3/h4-8H,9-14H2,1-3H3. The Labute approximate surface area is 160 Å². The second-order valence-electron chi connectivity index (χ2n) is 6.72. The molecule has 8 nitrogen and oxygen atoms in total. The van der Waals surface area contributed by atoms with Crippen molar-refractivity contribution >= 4 is 27.0 Å². The molecule has 1 aliphatic heterocycles. The maximum Gasteiger partial charge on any atom is 0.281 e. The van der Waals surface area contributed by atoms with Gasteiger partial charge in [0.1, 0.15) is 0 Å². The van der Waals surface area contributed by atoms with Crippen LogP contribution in [0.2, 0.25) is 0 Å². The third kappa shape index (κ3) is 3.86. The number of methoxy groups -OCH3 is 1. The average molecular weight is 394 g/mol. The van der Waals surface area contributed by atoms with Crippen molar-refractivity contribution in [1.82, 2.24) is 18.1 Å². The second-order valence-corrected chi connectivity index (χ2v) is 8.86. The zero-order valence-electron chi connectivity index (χ0n) is 16.0. The number of fused-ring (bicyclic) bond motifs is 1. The molecule has 0 bridgehead atoms. The third-order valence-corrected chi connectivity index (χ3v) is 6.83. The minimum absolute atomic E-state index is 0.0630. The van der Waals surface area contributed by atoms with Gasteiger partial charge in [-0.15, -0.1) is 0 Å². The van der Waals surface area contributed by atoms with Crippen LogP contribution in [0.4, 0.5) is 0 Å². The van der Waals surface area contributed by atoms with E-state index in [1.54, 1.807) is 12.0 Å². The lowest BCUT2D eigenvalue weighted by atomic mass is 10.1. The van der Waals surface area contributed by atoms with Crippen molar-refractivity contribution in [2.45, 2.75) is 6.54 Å². The van der Waals surface area contributed by atoms with Crippen LogP contribution in [0.5, 0.6) is 0 Å². The molecule has 1 amide bonds. The van der Waals surface area contributed by atoms with E-state index in [-0.39, 0.29) is 5.91 Å². The van der Waals surface area contributed by atoms with Gasteiger partial charge in [-0.25, -0.2) is 0 Å². The Bertz CT molecular complexity index is 915. The summed E-state index contributed by atoms with van der Waals surface area (Å²) < 4.78 is 34.3. The minimum atomic E-state index is -3.44. The summed E-state index contributed by atoms with van der Waals surface area (Å²) in [6.45, 7) is 2.69. The molecule has 148 valence electrons. The summed E-state index contributed by atoms with van der Waals surface area (Å²) in [7, 11) is 1.25. The molecule has 2 heterocycles. The molecule has 0 spiro atoms. The molecule has 0 unspecified atom stereocenters. The van der Waals surface area contributed by atoms with E-state index in [0.717, 1.165) is 17.4 Å². The van der Waals surface area contributed by atoms with Gasteiger partial charge in [-0.1, -0.05) is 6.07 Å². The second kappa shape index (κ2) is 7.97. The zero-order chi connectivity index (χ0) is 19.6. The Hall–Kier alpha value is -1.94. The van der Waals surface area contributed by atoms with Crippen molar-refractivity contribution in [2.75, 3.05) is 54.0 Å². The highest BCUT2D eigenvalue weighted by atomic mass is 32.2. The fourth-order valence-electron chi connectivity index (χ4n) is 3.32. The van der Waals surface area contributed by atoms with Crippen LogP contribution in [-0.4, -0.2) is 86.4 Å². The van der Waals surface area contributed by atoms with Crippen molar-refractivity contribution in [3.63, 3.8) is 0 Å². The van der Waals surface area contributed by atoms with Gasteiger partial charge in [0.15, 0.2) is 0 Å². The molecule has 0 atom stereocenters. The van der Waals surface area contributed by atoms with Crippen LogP contribution in [0.15, 0.2) is 30.5 Å². The molecular formula is C18H26N4O4S. The molecule has 0 aliphatic carbocycles. The molecule has 3 rings (SSSR count). The summed E-state index contributed by atoms with van der Waals surface area (Å²) in [4.78, 5) is 14.8. The van der Waals surface area contributed by atoms with Crippen molar-refractivity contribution in [2.24, 2.45) is 0 Å². The molecule has 0 saturated carbocycles. The number of hydrogen-bond donors (Lipinski definition) is 0. The normalized spacial score (nSPS) is 16.4. The van der Waals surface area contributed by atoms with Gasteiger partial charge in [0, 0.05) is 76.6 Å². The van der Waals surface area contributed by atoms with E-state index in [9.17, 15) is 13.2 Å². The van der Waals surface area contributed by atoms with E-state index in [1.165, 1.54) is 22.7 Å². The number of carbonyl (C=O) groups excluding carboxylic acids is 1. The first-order chi connectivity index (χ1) is 12.9. The molecule has 1 aromatic carbocycles. The maximum absolute atomic E-state index is 13.0. The Morgan fingerprint density at radius 3 is 2.48 bits per heavy atom. The van der Waals surface area contributed by atoms with Gasteiger partial charge in [-0.3, -0.25) is 4.79 Å². The average Bonchev–Trinajstić information content (AvgIpc) is 3.09. The molecule has 0 N–H and O–H groups in total. The first kappa shape index (κ1) is 19.8. The zero-order valence-corrected chi connectivity index (χ0v) is 16.8. The molecule has 1 saturated heterocycles. The first-order valence-corrected chi connectivity index (χ1v) is 10.3. The minimum Gasteiger partial charge on any atom is -0.383 e. The maximum atomic E-state index is 13.0. The predicted molar refractivity (Wildman–Crippen MR) is 104 cm³/mol. The van der Waals surface area contributed by atoms with Gasteiger partial charge in [0.05, 0.1) is 6.61 Å². The number of rotatable bonds is 6. The summed E-state index contributed by atoms with van der Waals surface area (Å²) >= 11 is 0. The number of nitrogens with zero attached hydrogens (tertiary/aromatic N) is 4. The highest BCUT2D eigenvalue weighted by Gasteiger charge is 2.31. The number of piperazine rings is 1. The fourth-order valence-corrected chi connectivity index (χ4v) is 4.40. The number of carbonyl (C=O) groups is 1. The van der Waals surface area contributed by atoms with Crippen LogP contribution >= 0.6 is 0 Å². The molecule has 9 heteroatoms. The summed E-state index contributed by atoms with van der Waals surface area (Å²) in [5.41, 5.74) is 1.64. The number of hydrogen-bond acceptors (Lipinski definition) is 4. The fraction of sp³-hybridized carbons (Fsp3) is 0.500. The Morgan fingerprint density at radius 2 is 1.85 bits per heavy atom. The predicted octanol–water partition coefficient (Wildman–Crippen LogP) is 0.852. The van der Waals surface area contributed by atoms with Crippen LogP contribution in [-0.2, 0) is 21.5 Å². The third-order valence-electron chi connectivity index (χ3n) is 4.89. The van der Waals surface area contributed by atoms with E-state index < -0.39 is 10.2 Å². The lowest BCUT2D eigenvalue weighted by molar-refractivity contribution is 0.0697. The molecule has 27 heavy (non-hydrogen) atoms. The summed E-state index contributed by atoms with van der Waals surface area (Å²) in [6.07, 6.45) is 1.96. The van der Waals surface area contributed by atoms with Crippen LogP contribution in [0.1, 0.15) is 10.4 Å². The molecular weight excluding hydrogens is 368 g/mol. The first-order valence-electron chi connectivity index (χ1n) is 8.90. The molecule has 1 aromatic heterocycles. The van der Waals surface area contributed by atoms with Crippen LogP contribution in [0.3, 0.4) is 0 Å². The largest absolute Gasteiger partial charge is 0.383 e. The van der Waals surface area contributed by atoms with Gasteiger partial charge in [-0.05, 0) is 18.2 Å². The Kier molecular flexibility index (Phi) is 5.85. The van der Waals surface area contributed by atoms with Crippen molar-refractivity contribution in [1.29, 1.82) is 0 Å². The van der Waals surface area contributed by atoms with Gasteiger partial charge in [-0.2, -0.15) is 17.0 Å². The Balaban J connectivity index is 1.77. The van der Waals surface area contributed by atoms with Crippen molar-refractivity contribution < 1.29 is 17.9 Å². The number of aromatic nitrogens is 1. The summed E-state index contributed by atoms with van der Waals surface area (Å²) in [5.74, 6) is -0.0630. The van der Waals surface area contributed by atoms with Gasteiger partial charge in [0.25, 0.3) is 16.1 Å². The van der Waals surface area contributed by atoms with Gasteiger partial charge < -0.3 is 14.2 Å². The lowest BCUT2D eigenvalue weighted by Gasteiger charge is -2.35. The van der Waals surface area contributed by atoms with E-state index >= 15 is 0 Å². The Morgan fingerprint density at radius 1 is 1.15 bits per heavy atom. The molecule has 1 fully saturated rings. The van der Waals surface area contributed by atoms with Gasteiger partial charge in [0.2, 0.25) is 0 Å². The summed E-state index contributed by atoms with van der Waals surface area (Å²) in [6, 6.07) is 7.65. The van der Waals surface area contributed by atoms with E-state index in [0.29, 0.717) is 38.3 Å². The van der Waals surface area contributed by atoms with Crippen LogP contribution < -0.4 is 0 Å². The van der Waals surface area contributed by atoms with Crippen molar-refractivity contribution in [3.05, 3.63) is 36.0 Å². The topological polar surface area (TPSA) is 75.1 Å². The SMILES string of the molecule is COCCn1ccc2c(C(=O)N3CCN(S(=O)(=O)N(C)C)CC3)cccc21. The molecule has 0 radical (unpaired) electrons. The smallest absolute Gasteiger partial charge is 0.281 e. The molecule has 1 aliphatic rings. The van der Waals surface area contributed by atoms with E-state index in [1.807, 2.05) is 30.5 Å². The number of benzene rings is 1. The summed E-state index contributed by atoms with van der Waals surface area (Å²) in [5, 5.41) is 0.905. The number of ether oxygens (including phenoxy) is 1. The van der Waals surface area contributed by atoms with Crippen LogP contribution in [0, 0.1) is 0 Å². The van der Waals surface area contributed by atoms with E-state index in [4.69, 9.17) is 4.74 Å². The highest BCUT2D eigenvalue weighted by Crippen LogP contribution is 2.22.